The van der Waals surface area contributed by atoms with Crippen LogP contribution in [0.2, 0.25) is 0 Å². The lowest BCUT2D eigenvalue weighted by Gasteiger charge is -2.19. The molecule has 1 aromatic heterocycles. The molecule has 2 aromatic rings. The Balaban J connectivity index is 1.83. The maximum absolute atomic E-state index is 4.76. The highest BCUT2D eigenvalue weighted by atomic mass is 15.4. The van der Waals surface area contributed by atoms with Crippen molar-refractivity contribution in [3.63, 3.8) is 0 Å². The first-order valence-corrected chi connectivity index (χ1v) is 8.53. The van der Waals surface area contributed by atoms with Crippen molar-refractivity contribution >= 4 is 5.82 Å². The standard InChI is InChI=1S/C19H28N4/c1-13(2)18-16(19(22(3)4)23(5)21-18)12-20-17-11-10-14-8-6-7-9-15(14)17/h6-9,13,17,20H,10-12H2,1-5H3/t17-/m0/s1. The largest absolute Gasteiger partial charge is 0.363 e. The summed E-state index contributed by atoms with van der Waals surface area (Å²) in [4.78, 5) is 2.17. The first kappa shape index (κ1) is 16.1. The fourth-order valence-corrected chi connectivity index (χ4v) is 3.77. The van der Waals surface area contributed by atoms with E-state index in [2.05, 4.69) is 62.4 Å². The van der Waals surface area contributed by atoms with Crippen molar-refractivity contribution in [2.24, 2.45) is 7.05 Å². The predicted octanol–water partition coefficient (Wildman–Crippen LogP) is 3.39. The molecule has 4 heteroatoms. The molecule has 0 saturated carbocycles. The number of hydrogen-bond donors (Lipinski definition) is 1. The Morgan fingerprint density at radius 2 is 2.04 bits per heavy atom. The number of benzene rings is 1. The van der Waals surface area contributed by atoms with Gasteiger partial charge in [0.05, 0.1) is 5.69 Å². The number of hydrogen-bond acceptors (Lipinski definition) is 3. The van der Waals surface area contributed by atoms with Gasteiger partial charge in [0.15, 0.2) is 0 Å². The van der Waals surface area contributed by atoms with Crippen LogP contribution < -0.4 is 10.2 Å². The second-order valence-corrected chi connectivity index (χ2v) is 7.03. The van der Waals surface area contributed by atoms with Crippen LogP contribution in [0, 0.1) is 0 Å². The highest BCUT2D eigenvalue weighted by molar-refractivity contribution is 5.50. The smallest absolute Gasteiger partial charge is 0.130 e. The van der Waals surface area contributed by atoms with Gasteiger partial charge in [-0.2, -0.15) is 5.10 Å². The maximum Gasteiger partial charge on any atom is 0.130 e. The van der Waals surface area contributed by atoms with Crippen LogP contribution in [-0.2, 0) is 20.0 Å². The molecule has 0 amide bonds. The van der Waals surface area contributed by atoms with Gasteiger partial charge in [-0.15, -0.1) is 0 Å². The second-order valence-electron chi connectivity index (χ2n) is 7.03. The van der Waals surface area contributed by atoms with E-state index in [9.17, 15) is 0 Å². The molecule has 1 aromatic carbocycles. The van der Waals surface area contributed by atoms with E-state index in [1.165, 1.54) is 41.0 Å². The van der Waals surface area contributed by atoms with Crippen molar-refractivity contribution < 1.29 is 0 Å². The molecule has 0 aliphatic heterocycles. The van der Waals surface area contributed by atoms with E-state index >= 15 is 0 Å². The van der Waals surface area contributed by atoms with Gasteiger partial charge in [-0.05, 0) is 29.9 Å². The molecule has 0 saturated heterocycles. The fourth-order valence-electron chi connectivity index (χ4n) is 3.77. The van der Waals surface area contributed by atoms with Crippen molar-refractivity contribution in [2.45, 2.75) is 45.2 Å². The maximum atomic E-state index is 4.76. The van der Waals surface area contributed by atoms with Crippen LogP contribution in [0.25, 0.3) is 0 Å². The Morgan fingerprint density at radius 3 is 2.74 bits per heavy atom. The SMILES string of the molecule is CC(C)c1nn(C)c(N(C)C)c1CN[C@H]1CCc2ccccc21. The van der Waals surface area contributed by atoms with Gasteiger partial charge in [0.2, 0.25) is 0 Å². The third kappa shape index (κ3) is 3.00. The lowest BCUT2D eigenvalue weighted by molar-refractivity contribution is 0.527. The molecule has 0 spiro atoms. The molecule has 4 nitrogen and oxygen atoms in total. The minimum Gasteiger partial charge on any atom is -0.363 e. The average Bonchev–Trinajstić information content (AvgIpc) is 3.06. The van der Waals surface area contributed by atoms with Gasteiger partial charge in [0.1, 0.15) is 5.82 Å². The van der Waals surface area contributed by atoms with Gasteiger partial charge < -0.3 is 10.2 Å². The zero-order valence-electron chi connectivity index (χ0n) is 14.9. The molecule has 1 aliphatic carbocycles. The van der Waals surface area contributed by atoms with Crippen molar-refractivity contribution in [1.82, 2.24) is 15.1 Å². The number of aryl methyl sites for hydroxylation is 2. The molecule has 1 heterocycles. The number of rotatable bonds is 5. The van der Waals surface area contributed by atoms with Gasteiger partial charge in [-0.1, -0.05) is 38.1 Å². The van der Waals surface area contributed by atoms with Crippen LogP contribution in [0.15, 0.2) is 24.3 Å². The number of fused-ring (bicyclic) bond motifs is 1. The fraction of sp³-hybridized carbons (Fsp3) is 0.526. The highest BCUT2D eigenvalue weighted by Gasteiger charge is 2.24. The minimum atomic E-state index is 0.433. The molecule has 23 heavy (non-hydrogen) atoms. The van der Waals surface area contributed by atoms with Gasteiger partial charge in [0.25, 0.3) is 0 Å². The Kier molecular flexibility index (Phi) is 4.44. The van der Waals surface area contributed by atoms with E-state index < -0.39 is 0 Å². The first-order valence-electron chi connectivity index (χ1n) is 8.53. The molecule has 3 rings (SSSR count). The molecule has 1 atom stereocenters. The quantitative estimate of drug-likeness (QED) is 0.919. The Hall–Kier alpha value is -1.81. The van der Waals surface area contributed by atoms with E-state index in [1.54, 1.807) is 0 Å². The van der Waals surface area contributed by atoms with Crippen LogP contribution in [0.4, 0.5) is 5.82 Å². The molecule has 1 aliphatic rings. The lowest BCUT2D eigenvalue weighted by Crippen LogP contribution is -2.22. The third-order valence-corrected chi connectivity index (χ3v) is 4.77. The highest BCUT2D eigenvalue weighted by Crippen LogP contribution is 2.32. The summed E-state index contributed by atoms with van der Waals surface area (Å²) in [6.07, 6.45) is 2.37. The van der Waals surface area contributed by atoms with E-state index in [0.717, 1.165) is 6.54 Å². The summed E-state index contributed by atoms with van der Waals surface area (Å²) < 4.78 is 2.01. The van der Waals surface area contributed by atoms with Gasteiger partial charge in [-0.3, -0.25) is 4.68 Å². The summed E-state index contributed by atoms with van der Waals surface area (Å²) in [5, 5.41) is 8.53. The third-order valence-electron chi connectivity index (χ3n) is 4.77. The average molecular weight is 312 g/mol. The second kappa shape index (κ2) is 6.36. The predicted molar refractivity (Wildman–Crippen MR) is 96.0 cm³/mol. The number of nitrogens with one attached hydrogen (secondary N) is 1. The molecule has 1 N–H and O–H groups in total. The van der Waals surface area contributed by atoms with Gasteiger partial charge in [-0.25, -0.2) is 0 Å². The summed E-state index contributed by atoms with van der Waals surface area (Å²) in [6, 6.07) is 9.27. The van der Waals surface area contributed by atoms with E-state index in [4.69, 9.17) is 5.10 Å². The van der Waals surface area contributed by atoms with E-state index in [0.29, 0.717) is 12.0 Å². The summed E-state index contributed by atoms with van der Waals surface area (Å²) in [5.41, 5.74) is 5.49. The van der Waals surface area contributed by atoms with E-state index in [-0.39, 0.29) is 0 Å². The zero-order chi connectivity index (χ0) is 16.6. The topological polar surface area (TPSA) is 33.1 Å². The molecule has 0 bridgehead atoms. The Morgan fingerprint density at radius 1 is 1.30 bits per heavy atom. The van der Waals surface area contributed by atoms with Crippen LogP contribution in [0.3, 0.4) is 0 Å². The van der Waals surface area contributed by atoms with Crippen LogP contribution in [0.5, 0.6) is 0 Å². The van der Waals surface area contributed by atoms with Gasteiger partial charge in [0, 0.05) is 39.3 Å². The number of aromatic nitrogens is 2. The van der Waals surface area contributed by atoms with Crippen molar-refractivity contribution in [1.29, 1.82) is 0 Å². The normalized spacial score (nSPS) is 16.9. The van der Waals surface area contributed by atoms with Crippen LogP contribution in [0.1, 0.15) is 54.6 Å². The first-order chi connectivity index (χ1) is 11.0. The summed E-state index contributed by atoms with van der Waals surface area (Å²) in [7, 11) is 6.22. The summed E-state index contributed by atoms with van der Waals surface area (Å²) >= 11 is 0. The molecular weight excluding hydrogens is 284 g/mol. The van der Waals surface area contributed by atoms with Crippen LogP contribution in [-0.4, -0.2) is 23.9 Å². The zero-order valence-corrected chi connectivity index (χ0v) is 14.9. The Labute approximate surface area is 139 Å². The lowest BCUT2D eigenvalue weighted by atomic mass is 10.0. The van der Waals surface area contributed by atoms with Crippen molar-refractivity contribution in [3.05, 3.63) is 46.6 Å². The molecule has 0 fully saturated rings. The molecule has 0 unspecified atom stereocenters. The van der Waals surface area contributed by atoms with Gasteiger partial charge >= 0.3 is 0 Å². The number of anilines is 1. The monoisotopic (exact) mass is 312 g/mol. The van der Waals surface area contributed by atoms with Crippen molar-refractivity contribution in [2.75, 3.05) is 19.0 Å². The van der Waals surface area contributed by atoms with Crippen LogP contribution >= 0.6 is 0 Å². The molecule has 124 valence electrons. The van der Waals surface area contributed by atoms with Crippen molar-refractivity contribution in [3.8, 4) is 0 Å². The molecule has 0 radical (unpaired) electrons. The minimum absolute atomic E-state index is 0.433. The molecular formula is C19H28N4. The summed E-state index contributed by atoms with van der Waals surface area (Å²) in [5.74, 6) is 1.63. The Bertz CT molecular complexity index is 685. The summed E-state index contributed by atoms with van der Waals surface area (Å²) in [6.45, 7) is 5.31. The van der Waals surface area contributed by atoms with E-state index in [1.807, 2.05) is 11.7 Å². The number of nitrogens with zero attached hydrogens (tertiary/aromatic N) is 3.